The zero-order valence-electron chi connectivity index (χ0n) is 11.2. The van der Waals surface area contributed by atoms with Gasteiger partial charge in [-0.25, -0.2) is 4.98 Å². The summed E-state index contributed by atoms with van der Waals surface area (Å²) in [7, 11) is 0. The summed E-state index contributed by atoms with van der Waals surface area (Å²) in [6.45, 7) is 7.39. The predicted octanol–water partition coefficient (Wildman–Crippen LogP) is 4.44. The summed E-state index contributed by atoms with van der Waals surface area (Å²) in [6, 6.07) is 8.50. The van der Waals surface area contributed by atoms with E-state index >= 15 is 0 Å². The fraction of sp³-hybridized carbons (Fsp3) is 0.400. The molecule has 0 fully saturated rings. The molecule has 0 aliphatic heterocycles. The molecular weight excluding hydrogens is 240 g/mol. The van der Waals surface area contributed by atoms with Crippen LogP contribution in [0.1, 0.15) is 43.0 Å². The molecule has 1 aromatic carbocycles. The minimum Gasteiger partial charge on any atom is -0.379 e. The second-order valence-electron chi connectivity index (χ2n) is 4.68. The van der Waals surface area contributed by atoms with E-state index in [4.69, 9.17) is 0 Å². The third-order valence-electron chi connectivity index (χ3n) is 2.94. The Kier molecular flexibility index (Phi) is 4.37. The van der Waals surface area contributed by atoms with E-state index < -0.39 is 0 Å². The molecule has 0 saturated carbocycles. The summed E-state index contributed by atoms with van der Waals surface area (Å²) in [5.74, 6) is 0.537. The molecule has 0 radical (unpaired) electrons. The molecule has 0 amide bonds. The highest BCUT2D eigenvalue weighted by atomic mass is 32.1. The molecule has 0 atom stereocenters. The standard InChI is InChI=1S/C15H20N2S/c1-4-15-17-12(10-18-15)9-16-14-8-6-5-7-13(14)11(2)3/h5-8,10-11,16H,4,9H2,1-3H3. The van der Waals surface area contributed by atoms with Crippen molar-refractivity contribution < 1.29 is 0 Å². The van der Waals surface area contributed by atoms with Gasteiger partial charge in [0.25, 0.3) is 0 Å². The minimum absolute atomic E-state index is 0.537. The number of aryl methyl sites for hydroxylation is 1. The molecule has 1 N–H and O–H groups in total. The molecule has 18 heavy (non-hydrogen) atoms. The van der Waals surface area contributed by atoms with Crippen molar-refractivity contribution in [1.29, 1.82) is 0 Å². The van der Waals surface area contributed by atoms with Gasteiger partial charge >= 0.3 is 0 Å². The third kappa shape index (κ3) is 3.10. The fourth-order valence-electron chi connectivity index (χ4n) is 1.94. The minimum atomic E-state index is 0.537. The van der Waals surface area contributed by atoms with Crippen LogP contribution in [-0.4, -0.2) is 4.98 Å². The van der Waals surface area contributed by atoms with Gasteiger partial charge in [0.15, 0.2) is 0 Å². The van der Waals surface area contributed by atoms with E-state index in [1.165, 1.54) is 16.3 Å². The monoisotopic (exact) mass is 260 g/mol. The van der Waals surface area contributed by atoms with E-state index in [0.717, 1.165) is 18.7 Å². The Balaban J connectivity index is 2.05. The fourth-order valence-corrected chi connectivity index (χ4v) is 2.68. The first-order valence-corrected chi connectivity index (χ1v) is 7.34. The maximum absolute atomic E-state index is 4.57. The highest BCUT2D eigenvalue weighted by Gasteiger charge is 2.06. The predicted molar refractivity (Wildman–Crippen MR) is 79.3 cm³/mol. The highest BCUT2D eigenvalue weighted by Crippen LogP contribution is 2.24. The van der Waals surface area contributed by atoms with E-state index in [0.29, 0.717) is 5.92 Å². The Hall–Kier alpha value is -1.35. The van der Waals surface area contributed by atoms with Crippen molar-refractivity contribution >= 4 is 17.0 Å². The number of nitrogens with zero attached hydrogens (tertiary/aromatic N) is 1. The molecule has 2 aromatic rings. The number of nitrogens with one attached hydrogen (secondary N) is 1. The second-order valence-corrected chi connectivity index (χ2v) is 5.62. The van der Waals surface area contributed by atoms with Crippen molar-refractivity contribution in [3.8, 4) is 0 Å². The molecule has 3 heteroatoms. The smallest absolute Gasteiger partial charge is 0.0926 e. The SMILES string of the molecule is CCc1nc(CNc2ccccc2C(C)C)cs1. The molecule has 0 unspecified atom stereocenters. The van der Waals surface area contributed by atoms with Gasteiger partial charge in [-0.15, -0.1) is 11.3 Å². The maximum Gasteiger partial charge on any atom is 0.0926 e. The molecule has 0 aliphatic rings. The maximum atomic E-state index is 4.57. The first-order chi connectivity index (χ1) is 8.70. The van der Waals surface area contributed by atoms with Gasteiger partial charge in [0, 0.05) is 11.1 Å². The van der Waals surface area contributed by atoms with Gasteiger partial charge in [0.2, 0.25) is 0 Å². The number of benzene rings is 1. The molecule has 96 valence electrons. The number of rotatable bonds is 5. The largest absolute Gasteiger partial charge is 0.379 e. The van der Waals surface area contributed by atoms with Crippen LogP contribution in [-0.2, 0) is 13.0 Å². The van der Waals surface area contributed by atoms with Crippen molar-refractivity contribution in [3.63, 3.8) is 0 Å². The first-order valence-electron chi connectivity index (χ1n) is 6.46. The highest BCUT2D eigenvalue weighted by molar-refractivity contribution is 7.09. The summed E-state index contributed by atoms with van der Waals surface area (Å²) in [5.41, 5.74) is 3.72. The van der Waals surface area contributed by atoms with Crippen LogP contribution in [0, 0.1) is 0 Å². The lowest BCUT2D eigenvalue weighted by Gasteiger charge is -2.13. The van der Waals surface area contributed by atoms with Gasteiger partial charge in [0.05, 0.1) is 17.2 Å². The van der Waals surface area contributed by atoms with Crippen molar-refractivity contribution in [2.45, 2.75) is 39.7 Å². The van der Waals surface area contributed by atoms with Crippen LogP contribution in [0.5, 0.6) is 0 Å². The van der Waals surface area contributed by atoms with Crippen LogP contribution in [0.2, 0.25) is 0 Å². The summed E-state index contributed by atoms with van der Waals surface area (Å²) in [6.07, 6.45) is 1.02. The van der Waals surface area contributed by atoms with E-state index in [9.17, 15) is 0 Å². The van der Waals surface area contributed by atoms with Gasteiger partial charge in [-0.1, -0.05) is 39.0 Å². The molecule has 0 spiro atoms. The Morgan fingerprint density at radius 3 is 2.72 bits per heavy atom. The van der Waals surface area contributed by atoms with Crippen LogP contribution < -0.4 is 5.32 Å². The van der Waals surface area contributed by atoms with E-state index in [-0.39, 0.29) is 0 Å². The van der Waals surface area contributed by atoms with E-state index in [1.807, 2.05) is 0 Å². The molecule has 0 saturated heterocycles. The number of anilines is 1. The van der Waals surface area contributed by atoms with Crippen LogP contribution in [0.15, 0.2) is 29.6 Å². The zero-order valence-corrected chi connectivity index (χ0v) is 12.1. The van der Waals surface area contributed by atoms with Crippen molar-refractivity contribution in [3.05, 3.63) is 45.9 Å². The van der Waals surface area contributed by atoms with Gasteiger partial charge in [-0.3, -0.25) is 0 Å². The molecule has 2 nitrogen and oxygen atoms in total. The molecule has 1 heterocycles. The zero-order chi connectivity index (χ0) is 13.0. The summed E-state index contributed by atoms with van der Waals surface area (Å²) in [4.78, 5) is 4.57. The summed E-state index contributed by atoms with van der Waals surface area (Å²) in [5, 5.41) is 6.85. The summed E-state index contributed by atoms with van der Waals surface area (Å²) < 4.78 is 0. The molecular formula is C15H20N2S. The van der Waals surface area contributed by atoms with Gasteiger partial charge in [-0.2, -0.15) is 0 Å². The Bertz CT molecular complexity index is 503. The van der Waals surface area contributed by atoms with Gasteiger partial charge in [-0.05, 0) is 24.0 Å². The average molecular weight is 260 g/mol. The lowest BCUT2D eigenvalue weighted by atomic mass is 10.0. The number of hydrogen-bond donors (Lipinski definition) is 1. The molecule has 0 bridgehead atoms. The lowest BCUT2D eigenvalue weighted by molar-refractivity contribution is 0.864. The van der Waals surface area contributed by atoms with Crippen molar-refractivity contribution in [1.82, 2.24) is 4.98 Å². The third-order valence-corrected chi connectivity index (χ3v) is 3.99. The molecule has 2 rings (SSSR count). The van der Waals surface area contributed by atoms with Crippen LogP contribution in [0.3, 0.4) is 0 Å². The lowest BCUT2D eigenvalue weighted by Crippen LogP contribution is -2.03. The molecule has 1 aromatic heterocycles. The van der Waals surface area contributed by atoms with Crippen LogP contribution >= 0.6 is 11.3 Å². The summed E-state index contributed by atoms with van der Waals surface area (Å²) >= 11 is 1.74. The molecule has 0 aliphatic carbocycles. The Morgan fingerprint density at radius 2 is 2.06 bits per heavy atom. The number of aromatic nitrogens is 1. The van der Waals surface area contributed by atoms with E-state index in [2.05, 4.69) is 60.7 Å². The van der Waals surface area contributed by atoms with Crippen LogP contribution in [0.25, 0.3) is 0 Å². The van der Waals surface area contributed by atoms with E-state index in [1.54, 1.807) is 11.3 Å². The van der Waals surface area contributed by atoms with Crippen LogP contribution in [0.4, 0.5) is 5.69 Å². The van der Waals surface area contributed by atoms with Crippen molar-refractivity contribution in [2.75, 3.05) is 5.32 Å². The second kappa shape index (κ2) is 6.01. The Labute approximate surface area is 113 Å². The van der Waals surface area contributed by atoms with Crippen molar-refractivity contribution in [2.24, 2.45) is 0 Å². The van der Waals surface area contributed by atoms with Gasteiger partial charge in [0.1, 0.15) is 0 Å². The number of para-hydroxylation sites is 1. The number of thiazole rings is 1. The Morgan fingerprint density at radius 1 is 1.28 bits per heavy atom. The number of hydrogen-bond acceptors (Lipinski definition) is 3. The first kappa shape index (κ1) is 13.1. The normalized spacial score (nSPS) is 10.9. The average Bonchev–Trinajstić information content (AvgIpc) is 2.84. The van der Waals surface area contributed by atoms with Gasteiger partial charge < -0.3 is 5.32 Å². The topological polar surface area (TPSA) is 24.9 Å². The quantitative estimate of drug-likeness (QED) is 0.859.